The molecule has 0 aromatic carbocycles. The summed E-state index contributed by atoms with van der Waals surface area (Å²) >= 11 is 1.78. The van der Waals surface area contributed by atoms with Crippen LogP contribution in [0.1, 0.15) is 16.7 Å². The summed E-state index contributed by atoms with van der Waals surface area (Å²) in [6.07, 6.45) is 1.28. The molecule has 0 atom stereocenters. The molecule has 104 valence electrons. The molecule has 0 saturated heterocycles. The highest BCUT2D eigenvalue weighted by Crippen LogP contribution is 2.17. The largest absolute Gasteiger partial charge is 0.312 e. The van der Waals surface area contributed by atoms with Crippen molar-refractivity contribution >= 4 is 21.2 Å². The number of nitrogens with one attached hydrogen (secondary N) is 1. The van der Waals surface area contributed by atoms with Crippen molar-refractivity contribution < 1.29 is 8.42 Å². The van der Waals surface area contributed by atoms with Crippen molar-refractivity contribution in [1.29, 1.82) is 0 Å². The smallest absolute Gasteiger partial charge is 0.148 e. The third-order valence-corrected chi connectivity index (χ3v) is 4.53. The van der Waals surface area contributed by atoms with Crippen LogP contribution in [0.3, 0.4) is 0 Å². The molecule has 0 unspecified atom stereocenters. The fourth-order valence-electron chi connectivity index (χ4n) is 1.52. The van der Waals surface area contributed by atoms with Gasteiger partial charge in [0, 0.05) is 35.6 Å². The van der Waals surface area contributed by atoms with Gasteiger partial charge >= 0.3 is 0 Å². The average Bonchev–Trinajstić information content (AvgIpc) is 2.70. The molecule has 6 heteroatoms. The summed E-state index contributed by atoms with van der Waals surface area (Å²) in [6.45, 7) is 5.37. The van der Waals surface area contributed by atoms with E-state index in [1.807, 2.05) is 11.9 Å². The van der Waals surface area contributed by atoms with Crippen LogP contribution in [0.2, 0.25) is 0 Å². The Labute approximate surface area is 114 Å². The van der Waals surface area contributed by atoms with E-state index in [1.54, 1.807) is 11.3 Å². The minimum Gasteiger partial charge on any atom is -0.312 e. The highest BCUT2D eigenvalue weighted by atomic mass is 32.2. The summed E-state index contributed by atoms with van der Waals surface area (Å²) in [5, 5.41) is 3.29. The molecule has 0 bridgehead atoms. The first kappa shape index (κ1) is 15.6. The van der Waals surface area contributed by atoms with Gasteiger partial charge < -0.3 is 10.2 Å². The second-order valence-corrected chi connectivity index (χ2v) is 8.03. The molecule has 0 spiro atoms. The maximum Gasteiger partial charge on any atom is 0.148 e. The van der Waals surface area contributed by atoms with Gasteiger partial charge in [0.05, 0.1) is 5.75 Å². The number of rotatable bonds is 8. The molecule has 0 fully saturated rings. The first-order valence-corrected chi connectivity index (χ1v) is 8.93. The van der Waals surface area contributed by atoms with E-state index in [1.165, 1.54) is 16.0 Å². The lowest BCUT2D eigenvalue weighted by molar-refractivity contribution is 0.349. The monoisotopic (exact) mass is 290 g/mol. The molecule has 0 saturated carbocycles. The third kappa shape index (κ3) is 6.49. The Hall–Kier alpha value is -0.430. The maximum absolute atomic E-state index is 11.1. The zero-order valence-corrected chi connectivity index (χ0v) is 12.9. The van der Waals surface area contributed by atoms with E-state index in [-0.39, 0.29) is 5.75 Å². The van der Waals surface area contributed by atoms with Crippen LogP contribution < -0.4 is 5.32 Å². The van der Waals surface area contributed by atoms with Gasteiger partial charge in [0.2, 0.25) is 0 Å². The first-order valence-electron chi connectivity index (χ1n) is 6.05. The standard InChI is InChI=1S/C12H22N2O2S2/c1-4-13-9-11-5-6-12(17-11)10-14(2)7-8-18(3,15)16/h5-6,13H,4,7-10H2,1-3H3. The summed E-state index contributed by atoms with van der Waals surface area (Å²) in [5.41, 5.74) is 0. The molecule has 0 amide bonds. The summed E-state index contributed by atoms with van der Waals surface area (Å²) < 4.78 is 22.2. The van der Waals surface area contributed by atoms with Gasteiger partial charge in [-0.15, -0.1) is 11.3 Å². The Balaban J connectivity index is 2.39. The van der Waals surface area contributed by atoms with Gasteiger partial charge in [-0.05, 0) is 25.7 Å². The van der Waals surface area contributed by atoms with E-state index < -0.39 is 9.84 Å². The van der Waals surface area contributed by atoms with Gasteiger partial charge in [0.15, 0.2) is 0 Å². The number of thiophene rings is 1. The third-order valence-electron chi connectivity index (χ3n) is 2.54. The van der Waals surface area contributed by atoms with Crippen LogP contribution in [-0.2, 0) is 22.9 Å². The lowest BCUT2D eigenvalue weighted by Crippen LogP contribution is -2.24. The van der Waals surface area contributed by atoms with Crippen molar-refractivity contribution in [3.63, 3.8) is 0 Å². The Bertz CT molecular complexity index is 454. The van der Waals surface area contributed by atoms with Crippen LogP contribution in [0.4, 0.5) is 0 Å². The number of nitrogens with zero attached hydrogens (tertiary/aromatic N) is 1. The van der Waals surface area contributed by atoms with Crippen molar-refractivity contribution in [1.82, 2.24) is 10.2 Å². The molecule has 1 aromatic heterocycles. The van der Waals surface area contributed by atoms with E-state index in [9.17, 15) is 8.42 Å². The van der Waals surface area contributed by atoms with Crippen molar-refractivity contribution in [2.75, 3.05) is 32.1 Å². The number of hydrogen-bond donors (Lipinski definition) is 1. The molecule has 18 heavy (non-hydrogen) atoms. The van der Waals surface area contributed by atoms with E-state index >= 15 is 0 Å². The molecule has 1 aromatic rings. The summed E-state index contributed by atoms with van der Waals surface area (Å²) in [4.78, 5) is 4.64. The van der Waals surface area contributed by atoms with Crippen LogP contribution in [0.25, 0.3) is 0 Å². The zero-order chi connectivity index (χ0) is 13.6. The lowest BCUT2D eigenvalue weighted by Gasteiger charge is -2.14. The molecular formula is C12H22N2O2S2. The van der Waals surface area contributed by atoms with Gasteiger partial charge in [0.25, 0.3) is 0 Å². The topological polar surface area (TPSA) is 49.4 Å². The summed E-state index contributed by atoms with van der Waals surface area (Å²) in [6, 6.07) is 4.25. The normalized spacial score (nSPS) is 12.2. The van der Waals surface area contributed by atoms with Crippen molar-refractivity contribution in [3.8, 4) is 0 Å². The lowest BCUT2D eigenvalue weighted by atomic mass is 10.4. The quantitative estimate of drug-likeness (QED) is 0.785. The Morgan fingerprint density at radius 2 is 2.00 bits per heavy atom. The molecule has 0 aliphatic rings. The van der Waals surface area contributed by atoms with E-state index in [0.29, 0.717) is 6.54 Å². The SMILES string of the molecule is CCNCc1ccc(CN(C)CCS(C)(=O)=O)s1. The average molecular weight is 290 g/mol. The number of hydrogen-bond acceptors (Lipinski definition) is 5. The summed E-state index contributed by atoms with van der Waals surface area (Å²) in [5.74, 6) is 0.221. The molecule has 1 rings (SSSR count). The fourth-order valence-corrected chi connectivity index (χ4v) is 3.23. The highest BCUT2D eigenvalue weighted by molar-refractivity contribution is 7.90. The van der Waals surface area contributed by atoms with Crippen molar-refractivity contribution in [3.05, 3.63) is 21.9 Å². The second kappa shape index (κ2) is 7.23. The van der Waals surface area contributed by atoms with E-state index in [2.05, 4.69) is 24.4 Å². The van der Waals surface area contributed by atoms with Gasteiger partial charge in [-0.3, -0.25) is 0 Å². The molecule has 0 radical (unpaired) electrons. The summed E-state index contributed by atoms with van der Waals surface area (Å²) in [7, 11) is -0.913. The molecule has 0 aliphatic heterocycles. The van der Waals surface area contributed by atoms with Gasteiger partial charge in [0.1, 0.15) is 9.84 Å². The minimum absolute atomic E-state index is 0.221. The zero-order valence-electron chi connectivity index (χ0n) is 11.3. The maximum atomic E-state index is 11.1. The Morgan fingerprint density at radius 1 is 1.33 bits per heavy atom. The van der Waals surface area contributed by atoms with Crippen LogP contribution >= 0.6 is 11.3 Å². The second-order valence-electron chi connectivity index (χ2n) is 4.52. The van der Waals surface area contributed by atoms with Crippen molar-refractivity contribution in [2.45, 2.75) is 20.0 Å². The van der Waals surface area contributed by atoms with E-state index in [0.717, 1.165) is 19.6 Å². The molecule has 1 heterocycles. The van der Waals surface area contributed by atoms with Crippen LogP contribution in [0.15, 0.2) is 12.1 Å². The van der Waals surface area contributed by atoms with Gasteiger partial charge in [-0.2, -0.15) is 0 Å². The van der Waals surface area contributed by atoms with Gasteiger partial charge in [-0.1, -0.05) is 6.92 Å². The van der Waals surface area contributed by atoms with Crippen LogP contribution in [-0.4, -0.2) is 45.5 Å². The number of sulfone groups is 1. The fraction of sp³-hybridized carbons (Fsp3) is 0.667. The molecule has 0 aliphatic carbocycles. The van der Waals surface area contributed by atoms with E-state index in [4.69, 9.17) is 0 Å². The highest BCUT2D eigenvalue weighted by Gasteiger charge is 2.07. The van der Waals surface area contributed by atoms with Crippen molar-refractivity contribution in [2.24, 2.45) is 0 Å². The predicted molar refractivity (Wildman–Crippen MR) is 77.7 cm³/mol. The Morgan fingerprint density at radius 3 is 2.61 bits per heavy atom. The molecule has 4 nitrogen and oxygen atoms in total. The minimum atomic E-state index is -2.87. The van der Waals surface area contributed by atoms with Crippen LogP contribution in [0.5, 0.6) is 0 Å². The van der Waals surface area contributed by atoms with Gasteiger partial charge in [-0.25, -0.2) is 8.42 Å². The Kier molecular flexibility index (Phi) is 6.28. The molecule has 1 N–H and O–H groups in total. The van der Waals surface area contributed by atoms with Crippen LogP contribution in [0, 0.1) is 0 Å². The molecular weight excluding hydrogens is 268 g/mol. The predicted octanol–water partition coefficient (Wildman–Crippen LogP) is 1.33. The first-order chi connectivity index (χ1) is 8.40.